The lowest BCUT2D eigenvalue weighted by Crippen LogP contribution is -2.34. The van der Waals surface area contributed by atoms with E-state index in [1.165, 1.54) is 70.8 Å². The largest absolute Gasteiger partial charge is 0.338 e. The Morgan fingerprint density at radius 3 is 1.75 bits per heavy atom. The summed E-state index contributed by atoms with van der Waals surface area (Å²) in [4.78, 5) is 4.89. The first kappa shape index (κ1) is 31.3. The van der Waals surface area contributed by atoms with Crippen LogP contribution in [0.25, 0.3) is 12.2 Å². The van der Waals surface area contributed by atoms with E-state index in [1.54, 1.807) is 0 Å². The number of hydrogen-bond donors (Lipinski definition) is 0. The van der Waals surface area contributed by atoms with Crippen LogP contribution in [-0.2, 0) is 0 Å². The van der Waals surface area contributed by atoms with Gasteiger partial charge in [-0.2, -0.15) is 0 Å². The van der Waals surface area contributed by atoms with E-state index in [0.717, 1.165) is 12.8 Å². The van der Waals surface area contributed by atoms with E-state index >= 15 is 0 Å². The second kappa shape index (κ2) is 15.5. The van der Waals surface area contributed by atoms with E-state index < -0.39 is 0 Å². The van der Waals surface area contributed by atoms with Gasteiger partial charge in [-0.25, -0.2) is 0 Å². The van der Waals surface area contributed by atoms with Crippen molar-refractivity contribution in [3.63, 3.8) is 0 Å². The van der Waals surface area contributed by atoms with E-state index in [-0.39, 0.29) is 0 Å². The number of anilines is 3. The van der Waals surface area contributed by atoms with Gasteiger partial charge in [0.05, 0.1) is 6.04 Å². The second-order valence-electron chi connectivity index (χ2n) is 12.8. The molecule has 0 N–H and O–H groups in total. The molecule has 2 heteroatoms. The Hall–Kier alpha value is -5.34. The summed E-state index contributed by atoms with van der Waals surface area (Å²) in [6.45, 7) is 0. The molecular formula is C46H44N2. The van der Waals surface area contributed by atoms with Gasteiger partial charge in [0.25, 0.3) is 0 Å². The Balaban J connectivity index is 0.951. The van der Waals surface area contributed by atoms with Crippen molar-refractivity contribution in [1.29, 1.82) is 0 Å². The maximum absolute atomic E-state index is 2.56. The fourth-order valence-electron chi connectivity index (χ4n) is 6.82. The van der Waals surface area contributed by atoms with E-state index in [1.807, 2.05) is 0 Å². The van der Waals surface area contributed by atoms with Gasteiger partial charge in [0.1, 0.15) is 0 Å². The molecule has 0 spiro atoms. The molecule has 3 aliphatic carbocycles. The number of hydrogen-bond acceptors (Lipinski definition) is 2. The van der Waals surface area contributed by atoms with Crippen molar-refractivity contribution in [2.75, 3.05) is 9.80 Å². The van der Waals surface area contributed by atoms with E-state index in [9.17, 15) is 0 Å². The molecule has 0 saturated heterocycles. The van der Waals surface area contributed by atoms with Crippen LogP contribution in [0.15, 0.2) is 187 Å². The predicted molar refractivity (Wildman–Crippen MR) is 206 cm³/mol. The average Bonchev–Trinajstić information content (AvgIpc) is 3.17. The fraction of sp³-hybridized carbons (Fsp3) is 0.174. The van der Waals surface area contributed by atoms with Crippen molar-refractivity contribution < 1.29 is 0 Å². The van der Waals surface area contributed by atoms with Crippen molar-refractivity contribution in [2.45, 2.75) is 44.6 Å². The summed E-state index contributed by atoms with van der Waals surface area (Å²) < 4.78 is 0. The molecule has 0 aromatic heterocycles. The van der Waals surface area contributed by atoms with Crippen LogP contribution in [0.5, 0.6) is 0 Å². The molecule has 0 saturated carbocycles. The summed E-state index contributed by atoms with van der Waals surface area (Å²) in [6, 6.07) is 41.3. The lowest BCUT2D eigenvalue weighted by Gasteiger charge is -2.36. The monoisotopic (exact) mass is 624 g/mol. The number of allylic oxidation sites excluding steroid dienone is 9. The first-order valence-electron chi connectivity index (χ1n) is 17.5. The molecule has 0 fully saturated rings. The minimum atomic E-state index is 0.354. The molecule has 48 heavy (non-hydrogen) atoms. The Kier molecular flexibility index (Phi) is 10.1. The summed E-state index contributed by atoms with van der Waals surface area (Å²) in [5.41, 5.74) is 10.0. The van der Waals surface area contributed by atoms with Gasteiger partial charge in [0.15, 0.2) is 0 Å². The molecule has 0 amide bonds. The molecule has 3 aliphatic rings. The Labute approximate surface area is 286 Å². The SMILES string of the molecule is C1=CC(N(C2=CCCCC2)c2ccccc2)CC=C1/C=C/c1ccc(/C=C/C2C=CC(N(c3ccccc3)c3ccccc3)=CC2)cc1. The maximum Gasteiger partial charge on any atom is 0.0556 e. The van der Waals surface area contributed by atoms with E-state index in [0.29, 0.717) is 12.0 Å². The second-order valence-corrected chi connectivity index (χ2v) is 12.8. The zero-order valence-electron chi connectivity index (χ0n) is 27.6. The fourth-order valence-corrected chi connectivity index (χ4v) is 6.82. The molecule has 4 aromatic carbocycles. The summed E-state index contributed by atoms with van der Waals surface area (Å²) in [5, 5.41) is 0. The van der Waals surface area contributed by atoms with Gasteiger partial charge in [0.2, 0.25) is 0 Å². The minimum Gasteiger partial charge on any atom is -0.338 e. The summed E-state index contributed by atoms with van der Waals surface area (Å²) in [7, 11) is 0. The summed E-state index contributed by atoms with van der Waals surface area (Å²) in [5.74, 6) is 0.378. The van der Waals surface area contributed by atoms with Crippen LogP contribution >= 0.6 is 0 Å². The molecule has 0 radical (unpaired) electrons. The van der Waals surface area contributed by atoms with Gasteiger partial charge in [-0.15, -0.1) is 0 Å². The smallest absolute Gasteiger partial charge is 0.0556 e. The Bertz CT molecular complexity index is 1820. The van der Waals surface area contributed by atoms with Crippen molar-refractivity contribution in [2.24, 2.45) is 5.92 Å². The van der Waals surface area contributed by atoms with Crippen LogP contribution in [0, 0.1) is 5.92 Å². The predicted octanol–water partition coefficient (Wildman–Crippen LogP) is 12.2. The third kappa shape index (κ3) is 7.78. The van der Waals surface area contributed by atoms with E-state index in [4.69, 9.17) is 0 Å². The van der Waals surface area contributed by atoms with E-state index in [2.05, 4.69) is 192 Å². The Morgan fingerprint density at radius 1 is 0.542 bits per heavy atom. The zero-order chi connectivity index (χ0) is 32.4. The lowest BCUT2D eigenvalue weighted by molar-refractivity contribution is 0.643. The van der Waals surface area contributed by atoms with Crippen LogP contribution in [-0.4, -0.2) is 6.04 Å². The highest BCUT2D eigenvalue weighted by molar-refractivity contribution is 5.70. The molecule has 238 valence electrons. The topological polar surface area (TPSA) is 6.48 Å². The minimum absolute atomic E-state index is 0.354. The maximum atomic E-state index is 2.56. The van der Waals surface area contributed by atoms with Gasteiger partial charge in [-0.3, -0.25) is 0 Å². The number of benzene rings is 4. The molecule has 2 nitrogen and oxygen atoms in total. The first-order valence-corrected chi connectivity index (χ1v) is 17.5. The van der Waals surface area contributed by atoms with Gasteiger partial charge in [-0.1, -0.05) is 140 Å². The number of para-hydroxylation sites is 3. The number of nitrogens with zero attached hydrogens (tertiary/aromatic N) is 2. The van der Waals surface area contributed by atoms with Crippen molar-refractivity contribution >= 4 is 29.2 Å². The third-order valence-electron chi connectivity index (χ3n) is 9.39. The van der Waals surface area contributed by atoms with Gasteiger partial charge in [-0.05, 0) is 104 Å². The van der Waals surface area contributed by atoms with Gasteiger partial charge in [0, 0.05) is 28.5 Å². The molecule has 0 bridgehead atoms. The summed E-state index contributed by atoms with van der Waals surface area (Å²) >= 11 is 0. The lowest BCUT2D eigenvalue weighted by atomic mass is 9.96. The highest BCUT2D eigenvalue weighted by Crippen LogP contribution is 2.34. The molecule has 7 rings (SSSR count). The molecule has 0 aliphatic heterocycles. The zero-order valence-corrected chi connectivity index (χ0v) is 27.6. The Morgan fingerprint density at radius 2 is 1.19 bits per heavy atom. The highest BCUT2D eigenvalue weighted by Gasteiger charge is 2.22. The van der Waals surface area contributed by atoms with Gasteiger partial charge < -0.3 is 9.80 Å². The molecule has 2 unspecified atom stereocenters. The van der Waals surface area contributed by atoms with Crippen LogP contribution < -0.4 is 9.80 Å². The van der Waals surface area contributed by atoms with Crippen LogP contribution in [0.3, 0.4) is 0 Å². The molecule has 2 atom stereocenters. The van der Waals surface area contributed by atoms with Crippen molar-refractivity contribution in [3.8, 4) is 0 Å². The average molecular weight is 625 g/mol. The highest BCUT2D eigenvalue weighted by atomic mass is 15.2. The molecular weight excluding hydrogens is 581 g/mol. The first-order chi connectivity index (χ1) is 23.8. The normalized spacial score (nSPS) is 19.2. The third-order valence-corrected chi connectivity index (χ3v) is 9.39. The van der Waals surface area contributed by atoms with Crippen molar-refractivity contribution in [3.05, 3.63) is 198 Å². The van der Waals surface area contributed by atoms with Crippen molar-refractivity contribution in [1.82, 2.24) is 0 Å². The quantitative estimate of drug-likeness (QED) is 0.173. The van der Waals surface area contributed by atoms with Crippen LogP contribution in [0.4, 0.5) is 17.1 Å². The number of rotatable bonds is 10. The molecule has 0 heterocycles. The standard InChI is InChI=1S/C46H44N2/c1-5-13-41(14-6-1)47(42-15-7-2-8-16-42)45-33-29-39(30-34-45)27-25-37-21-23-38(24-22-37)26-28-40-31-35-46(36-32-40)48(43-17-9-3-10-18-43)44-19-11-4-12-20-44/h1-3,5-10,13-19,21-29,31-35,39,46H,4,11-12,20,30,36H2/b27-25+,28-26+. The summed E-state index contributed by atoms with van der Waals surface area (Å²) in [6.07, 6.45) is 32.4. The van der Waals surface area contributed by atoms with Crippen LogP contribution in [0.1, 0.15) is 49.7 Å². The van der Waals surface area contributed by atoms with Gasteiger partial charge >= 0.3 is 0 Å². The molecule has 4 aromatic rings. The van der Waals surface area contributed by atoms with Crippen LogP contribution in [0.2, 0.25) is 0 Å².